The summed E-state index contributed by atoms with van der Waals surface area (Å²) in [7, 11) is -4.06. The van der Waals surface area contributed by atoms with E-state index in [1.807, 2.05) is 0 Å². The van der Waals surface area contributed by atoms with Crippen molar-refractivity contribution in [2.24, 2.45) is 0 Å². The van der Waals surface area contributed by atoms with E-state index in [0.29, 0.717) is 12.1 Å². The first-order valence-corrected chi connectivity index (χ1v) is 7.54. The molecule has 0 spiro atoms. The summed E-state index contributed by atoms with van der Waals surface area (Å²) in [4.78, 5) is 10.1. The Balaban J connectivity index is 3.02. The molecule has 0 saturated carbocycles. The van der Waals surface area contributed by atoms with Gasteiger partial charge in [0.25, 0.3) is 0 Å². The molecule has 0 bridgehead atoms. The molecule has 118 valence electrons. The highest BCUT2D eigenvalue weighted by Crippen LogP contribution is 2.33. The molecule has 0 radical (unpaired) electrons. The third-order valence-corrected chi connectivity index (χ3v) is 4.54. The van der Waals surface area contributed by atoms with Crippen molar-refractivity contribution in [2.75, 3.05) is 5.88 Å². The normalized spacial score (nSPS) is 14.0. The summed E-state index contributed by atoms with van der Waals surface area (Å²) in [6.07, 6.45) is -4.64. The molecule has 2 N–H and O–H groups in total. The molecule has 0 saturated heterocycles. The molecule has 5 nitrogen and oxygen atoms in total. The van der Waals surface area contributed by atoms with Gasteiger partial charge in [-0.15, -0.1) is 0 Å². The smallest absolute Gasteiger partial charge is 0.416 e. The summed E-state index contributed by atoms with van der Waals surface area (Å²) in [6.45, 7) is 1.23. The number of hydrogen-bond acceptors (Lipinski definition) is 4. The second-order valence-corrected chi connectivity index (χ2v) is 6.53. The summed E-state index contributed by atoms with van der Waals surface area (Å²) in [5.41, 5.74) is -1.07. The van der Waals surface area contributed by atoms with Crippen molar-refractivity contribution in [3.8, 4) is 0 Å². The minimum atomic E-state index is -4.64. The van der Waals surface area contributed by atoms with Gasteiger partial charge in [0.1, 0.15) is 11.9 Å². The molecular formula is C11H11ClF3NO4S. The second-order valence-electron chi connectivity index (χ2n) is 4.17. The van der Waals surface area contributed by atoms with Crippen LogP contribution in [0, 0.1) is 0 Å². The molecule has 1 aromatic rings. The zero-order chi connectivity index (χ0) is 16.4. The van der Waals surface area contributed by atoms with Gasteiger partial charge in [-0.1, -0.05) is 11.6 Å². The highest BCUT2D eigenvalue weighted by molar-refractivity contribution is 7.91. The molecule has 1 unspecified atom stereocenters. The van der Waals surface area contributed by atoms with Crippen LogP contribution in [0.4, 0.5) is 13.2 Å². The van der Waals surface area contributed by atoms with Crippen molar-refractivity contribution in [3.05, 3.63) is 28.8 Å². The second kappa shape index (κ2) is 6.20. The highest BCUT2D eigenvalue weighted by atomic mass is 35.5. The highest BCUT2D eigenvalue weighted by Gasteiger charge is 2.32. The van der Waals surface area contributed by atoms with Crippen molar-refractivity contribution in [3.63, 3.8) is 0 Å². The van der Waals surface area contributed by atoms with Crippen molar-refractivity contribution in [2.45, 2.75) is 24.0 Å². The molecule has 0 amide bonds. The first kappa shape index (κ1) is 17.7. The molecule has 0 aromatic heterocycles. The molecule has 0 aliphatic heterocycles. The van der Waals surface area contributed by atoms with Crippen LogP contribution < -0.4 is 5.32 Å². The van der Waals surface area contributed by atoms with Crippen LogP contribution in [0.2, 0.25) is 5.02 Å². The molecule has 1 aromatic carbocycles. The van der Waals surface area contributed by atoms with E-state index >= 15 is 0 Å². The monoisotopic (exact) mass is 345 g/mol. The minimum Gasteiger partial charge on any atom is -0.480 e. The van der Waals surface area contributed by atoms with Crippen LogP contribution in [0.25, 0.3) is 0 Å². The zero-order valence-electron chi connectivity index (χ0n) is 10.6. The maximum absolute atomic E-state index is 12.5. The third kappa shape index (κ3) is 4.58. The van der Waals surface area contributed by atoms with Gasteiger partial charge >= 0.3 is 12.1 Å². The minimum absolute atomic E-state index is 0.498. The van der Waals surface area contributed by atoms with Gasteiger partial charge < -0.3 is 5.11 Å². The number of alkyl halides is 3. The van der Waals surface area contributed by atoms with Crippen LogP contribution >= 0.6 is 11.6 Å². The quantitative estimate of drug-likeness (QED) is 0.854. The zero-order valence-corrected chi connectivity index (χ0v) is 12.2. The molecule has 0 fully saturated rings. The van der Waals surface area contributed by atoms with Crippen LogP contribution in [0.3, 0.4) is 0 Å². The lowest BCUT2D eigenvalue weighted by molar-refractivity contribution is -0.139. The van der Waals surface area contributed by atoms with E-state index in [1.165, 1.54) is 6.92 Å². The number of carboxylic acid groups (broad SMARTS) is 1. The SMILES string of the molecule is CC(NCS(=O)(=O)c1ccc(C(F)(F)F)cc1Cl)C(=O)O. The van der Waals surface area contributed by atoms with Crippen LogP contribution in [-0.2, 0) is 20.8 Å². The molecule has 10 heteroatoms. The molecular weight excluding hydrogens is 335 g/mol. The number of benzene rings is 1. The van der Waals surface area contributed by atoms with Crippen LogP contribution in [0.1, 0.15) is 12.5 Å². The van der Waals surface area contributed by atoms with Crippen LogP contribution in [-0.4, -0.2) is 31.4 Å². The standard InChI is InChI=1S/C11H11ClF3NO4S/c1-6(10(17)18)16-5-21(19,20)9-3-2-7(4-8(9)12)11(13,14)15/h2-4,6,16H,5H2,1H3,(H,17,18). The number of rotatable bonds is 5. The van der Waals surface area contributed by atoms with Crippen LogP contribution in [0.15, 0.2) is 23.1 Å². The number of carboxylic acids is 1. The number of sulfone groups is 1. The predicted octanol–water partition coefficient (Wildman–Crippen LogP) is 2.15. The lowest BCUT2D eigenvalue weighted by Gasteiger charge is -2.12. The Morgan fingerprint density at radius 3 is 2.43 bits per heavy atom. The Kier molecular flexibility index (Phi) is 5.24. The number of nitrogens with one attached hydrogen (secondary N) is 1. The van der Waals surface area contributed by atoms with Crippen LogP contribution in [0.5, 0.6) is 0 Å². The fourth-order valence-electron chi connectivity index (χ4n) is 1.33. The molecule has 0 aliphatic carbocycles. The summed E-state index contributed by atoms with van der Waals surface area (Å²) in [5.74, 6) is -2.02. The summed E-state index contributed by atoms with van der Waals surface area (Å²) in [6, 6.07) is 0.718. The van der Waals surface area contributed by atoms with E-state index in [9.17, 15) is 26.4 Å². The molecule has 1 atom stereocenters. The maximum Gasteiger partial charge on any atom is 0.416 e. The Bertz CT molecular complexity index is 645. The van der Waals surface area contributed by atoms with Gasteiger partial charge in [-0.25, -0.2) is 8.42 Å². The Morgan fingerprint density at radius 2 is 2.00 bits per heavy atom. The van der Waals surface area contributed by atoms with Gasteiger partial charge in [-0.05, 0) is 25.1 Å². The first-order valence-electron chi connectivity index (χ1n) is 5.51. The fraction of sp³-hybridized carbons (Fsp3) is 0.364. The average molecular weight is 346 g/mol. The third-order valence-electron chi connectivity index (χ3n) is 2.54. The van der Waals surface area contributed by atoms with Gasteiger partial charge in [-0.2, -0.15) is 13.2 Å². The molecule has 0 heterocycles. The van der Waals surface area contributed by atoms with Gasteiger partial charge in [0.05, 0.1) is 15.5 Å². The van der Waals surface area contributed by atoms with Crippen molar-refractivity contribution in [1.82, 2.24) is 5.32 Å². The number of hydrogen-bond donors (Lipinski definition) is 2. The average Bonchev–Trinajstić information content (AvgIpc) is 2.34. The lowest BCUT2D eigenvalue weighted by Crippen LogP contribution is -2.37. The van der Waals surface area contributed by atoms with E-state index in [-0.39, 0.29) is 0 Å². The van der Waals surface area contributed by atoms with Gasteiger partial charge in [0, 0.05) is 0 Å². The maximum atomic E-state index is 12.5. The largest absolute Gasteiger partial charge is 0.480 e. The summed E-state index contributed by atoms with van der Waals surface area (Å²) in [5, 5.41) is 10.3. The van der Waals surface area contributed by atoms with Gasteiger partial charge in [0.15, 0.2) is 9.84 Å². The Labute approximate surface area is 123 Å². The number of halogens is 4. The van der Waals surface area contributed by atoms with Crippen molar-refractivity contribution in [1.29, 1.82) is 0 Å². The van der Waals surface area contributed by atoms with E-state index in [1.54, 1.807) is 0 Å². The van der Waals surface area contributed by atoms with Gasteiger partial charge in [0.2, 0.25) is 0 Å². The lowest BCUT2D eigenvalue weighted by atomic mass is 10.2. The fourth-order valence-corrected chi connectivity index (χ4v) is 3.12. The van der Waals surface area contributed by atoms with E-state index in [4.69, 9.17) is 16.7 Å². The molecule has 0 aliphatic rings. The predicted molar refractivity (Wildman–Crippen MR) is 68.7 cm³/mol. The van der Waals surface area contributed by atoms with Gasteiger partial charge in [-0.3, -0.25) is 10.1 Å². The van der Waals surface area contributed by atoms with E-state index in [2.05, 4.69) is 5.32 Å². The Morgan fingerprint density at radius 1 is 1.43 bits per heavy atom. The summed E-state index contributed by atoms with van der Waals surface area (Å²) < 4.78 is 61.2. The van der Waals surface area contributed by atoms with E-state index in [0.717, 1.165) is 6.07 Å². The molecule has 21 heavy (non-hydrogen) atoms. The number of aliphatic carboxylic acids is 1. The summed E-state index contributed by atoms with van der Waals surface area (Å²) >= 11 is 5.57. The van der Waals surface area contributed by atoms with Crippen molar-refractivity contribution < 1.29 is 31.5 Å². The Hall–Kier alpha value is -1.32. The van der Waals surface area contributed by atoms with E-state index < -0.39 is 49.4 Å². The number of carbonyl (C=O) groups is 1. The molecule has 1 rings (SSSR count). The topological polar surface area (TPSA) is 83.5 Å². The van der Waals surface area contributed by atoms with Crippen molar-refractivity contribution >= 4 is 27.4 Å². The first-order chi connectivity index (χ1) is 9.45.